The minimum absolute atomic E-state index is 0.0627. The summed E-state index contributed by atoms with van der Waals surface area (Å²) in [5.74, 6) is 0.667. The topological polar surface area (TPSA) is 84.9 Å². The highest BCUT2D eigenvalue weighted by Crippen LogP contribution is 2.34. The highest BCUT2D eigenvalue weighted by atomic mass is 79.9. The van der Waals surface area contributed by atoms with Crippen molar-refractivity contribution in [2.24, 2.45) is 0 Å². The molecule has 9 heteroatoms. The molecular formula is C23H21BrN2O5S. The van der Waals surface area contributed by atoms with Crippen LogP contribution in [0.5, 0.6) is 11.5 Å². The van der Waals surface area contributed by atoms with Gasteiger partial charge in [-0.2, -0.15) is 4.31 Å². The van der Waals surface area contributed by atoms with Gasteiger partial charge in [-0.15, -0.1) is 0 Å². The van der Waals surface area contributed by atoms with E-state index in [-0.39, 0.29) is 24.8 Å². The largest absolute Gasteiger partial charge is 0.454 e. The smallest absolute Gasteiger partial charge is 0.243 e. The molecule has 3 aromatic carbocycles. The molecule has 3 aromatic rings. The van der Waals surface area contributed by atoms with Gasteiger partial charge in [-0.3, -0.25) is 4.79 Å². The first kappa shape index (κ1) is 22.3. The maximum absolute atomic E-state index is 13.4. The van der Waals surface area contributed by atoms with Gasteiger partial charge in [0.25, 0.3) is 0 Å². The highest BCUT2D eigenvalue weighted by molar-refractivity contribution is 9.10. The van der Waals surface area contributed by atoms with Crippen LogP contribution in [0.4, 0.5) is 5.69 Å². The van der Waals surface area contributed by atoms with Crippen LogP contribution in [0.2, 0.25) is 0 Å². The number of hydrogen-bond acceptors (Lipinski definition) is 5. The molecule has 1 aliphatic heterocycles. The van der Waals surface area contributed by atoms with E-state index in [4.69, 9.17) is 9.47 Å². The zero-order valence-electron chi connectivity index (χ0n) is 17.2. The Balaban J connectivity index is 1.57. The van der Waals surface area contributed by atoms with E-state index in [1.165, 1.54) is 16.4 Å². The maximum atomic E-state index is 13.4. The Bertz CT molecular complexity index is 1230. The van der Waals surface area contributed by atoms with Gasteiger partial charge in [0, 0.05) is 22.8 Å². The summed E-state index contributed by atoms with van der Waals surface area (Å²) in [4.78, 5) is 12.9. The van der Waals surface area contributed by atoms with Crippen LogP contribution >= 0.6 is 15.9 Å². The molecule has 0 saturated carbocycles. The van der Waals surface area contributed by atoms with Crippen molar-refractivity contribution in [3.8, 4) is 11.5 Å². The number of hydrogen-bond donors (Lipinski definition) is 1. The van der Waals surface area contributed by atoms with Gasteiger partial charge in [-0.1, -0.05) is 45.8 Å². The molecule has 0 aliphatic carbocycles. The van der Waals surface area contributed by atoms with Gasteiger partial charge in [-0.25, -0.2) is 8.42 Å². The number of sulfonamides is 1. The van der Waals surface area contributed by atoms with Gasteiger partial charge in [0.1, 0.15) is 0 Å². The Morgan fingerprint density at radius 1 is 1.00 bits per heavy atom. The van der Waals surface area contributed by atoms with Crippen molar-refractivity contribution < 1.29 is 22.7 Å². The summed E-state index contributed by atoms with van der Waals surface area (Å²) < 4.78 is 39.2. The van der Waals surface area contributed by atoms with Crippen LogP contribution in [0.3, 0.4) is 0 Å². The van der Waals surface area contributed by atoms with Gasteiger partial charge in [0.05, 0.1) is 11.4 Å². The fraction of sp³-hybridized carbons (Fsp3) is 0.174. The number of nitrogens with one attached hydrogen (secondary N) is 1. The molecule has 0 saturated heterocycles. The molecule has 1 amide bonds. The van der Waals surface area contributed by atoms with Crippen LogP contribution in [-0.4, -0.2) is 32.0 Å². The zero-order chi connectivity index (χ0) is 22.7. The lowest BCUT2D eigenvalue weighted by Crippen LogP contribution is -2.37. The third-order valence-electron chi connectivity index (χ3n) is 4.91. The normalized spacial score (nSPS) is 12.7. The maximum Gasteiger partial charge on any atom is 0.243 e. The van der Waals surface area contributed by atoms with Gasteiger partial charge in [0.2, 0.25) is 22.7 Å². The van der Waals surface area contributed by atoms with Crippen molar-refractivity contribution in [1.82, 2.24) is 4.31 Å². The predicted octanol–water partition coefficient (Wildman–Crippen LogP) is 4.32. The number of benzene rings is 3. The quantitative estimate of drug-likeness (QED) is 0.505. The van der Waals surface area contributed by atoms with E-state index in [1.54, 1.807) is 30.3 Å². The molecule has 0 unspecified atom stereocenters. The van der Waals surface area contributed by atoms with E-state index in [0.29, 0.717) is 17.2 Å². The third kappa shape index (κ3) is 5.12. The lowest BCUT2D eigenvalue weighted by atomic mass is 10.1. The van der Waals surface area contributed by atoms with Crippen LogP contribution in [0, 0.1) is 6.92 Å². The van der Waals surface area contributed by atoms with Crippen LogP contribution in [-0.2, 0) is 21.4 Å². The van der Waals surface area contributed by atoms with E-state index < -0.39 is 15.9 Å². The second kappa shape index (κ2) is 9.32. The van der Waals surface area contributed by atoms with Crippen molar-refractivity contribution in [2.75, 3.05) is 18.7 Å². The summed E-state index contributed by atoms with van der Waals surface area (Å²) in [5.41, 5.74) is 2.35. The Morgan fingerprint density at radius 3 is 2.41 bits per heavy atom. The second-order valence-electron chi connectivity index (χ2n) is 7.33. The number of rotatable bonds is 7. The first-order chi connectivity index (χ1) is 15.3. The van der Waals surface area contributed by atoms with E-state index in [9.17, 15) is 13.2 Å². The first-order valence-corrected chi connectivity index (χ1v) is 12.1. The Hall–Kier alpha value is -2.88. The molecular weight excluding hydrogens is 496 g/mol. The highest BCUT2D eigenvalue weighted by Gasteiger charge is 2.27. The number of carbonyl (C=O) groups is 1. The summed E-state index contributed by atoms with van der Waals surface area (Å²) in [6.07, 6.45) is 0. The lowest BCUT2D eigenvalue weighted by Gasteiger charge is -2.22. The van der Waals surface area contributed by atoms with Crippen LogP contribution in [0.1, 0.15) is 11.1 Å². The number of anilines is 1. The van der Waals surface area contributed by atoms with Crippen LogP contribution in [0.15, 0.2) is 76.1 Å². The molecule has 0 spiro atoms. The van der Waals surface area contributed by atoms with E-state index in [2.05, 4.69) is 21.2 Å². The number of nitrogens with zero attached hydrogens (tertiary/aromatic N) is 1. The SMILES string of the molecule is Cc1ccc(CN(CC(=O)Nc2ccc3c(c2)OCO3)S(=O)(=O)c2ccc(Br)cc2)cc1. The predicted molar refractivity (Wildman–Crippen MR) is 124 cm³/mol. The molecule has 1 aliphatic rings. The van der Waals surface area contributed by atoms with Gasteiger partial charge in [0.15, 0.2) is 11.5 Å². The van der Waals surface area contributed by atoms with Crippen molar-refractivity contribution in [2.45, 2.75) is 18.4 Å². The summed E-state index contributed by atoms with van der Waals surface area (Å²) in [6.45, 7) is 1.80. The molecule has 0 bridgehead atoms. The van der Waals surface area contributed by atoms with Crippen LogP contribution < -0.4 is 14.8 Å². The Morgan fingerprint density at radius 2 is 1.69 bits per heavy atom. The first-order valence-electron chi connectivity index (χ1n) is 9.82. The lowest BCUT2D eigenvalue weighted by molar-refractivity contribution is -0.116. The number of fused-ring (bicyclic) bond motifs is 1. The minimum atomic E-state index is -3.92. The van der Waals surface area contributed by atoms with E-state index >= 15 is 0 Å². The molecule has 32 heavy (non-hydrogen) atoms. The molecule has 4 rings (SSSR count). The number of ether oxygens (including phenoxy) is 2. The van der Waals surface area contributed by atoms with Crippen molar-refractivity contribution >= 4 is 37.5 Å². The molecule has 0 fully saturated rings. The van der Waals surface area contributed by atoms with Crippen molar-refractivity contribution in [1.29, 1.82) is 0 Å². The Kier molecular flexibility index (Phi) is 6.50. The van der Waals surface area contributed by atoms with Crippen LogP contribution in [0.25, 0.3) is 0 Å². The summed E-state index contributed by atoms with van der Waals surface area (Å²) in [6, 6.07) is 18.9. The van der Waals surface area contributed by atoms with Gasteiger partial charge < -0.3 is 14.8 Å². The van der Waals surface area contributed by atoms with Crippen molar-refractivity contribution in [3.63, 3.8) is 0 Å². The number of halogens is 1. The molecule has 1 N–H and O–H groups in total. The molecule has 0 aromatic heterocycles. The van der Waals surface area contributed by atoms with Gasteiger partial charge in [-0.05, 0) is 48.9 Å². The fourth-order valence-corrected chi connectivity index (χ4v) is 4.86. The Labute approximate surface area is 195 Å². The number of amides is 1. The van der Waals surface area contributed by atoms with E-state index in [0.717, 1.165) is 15.6 Å². The molecule has 1 heterocycles. The number of aryl methyl sites for hydroxylation is 1. The molecule has 166 valence electrons. The third-order valence-corrected chi connectivity index (χ3v) is 7.24. The molecule has 0 atom stereocenters. The number of carbonyl (C=O) groups excluding carboxylic acids is 1. The monoisotopic (exact) mass is 516 g/mol. The second-order valence-corrected chi connectivity index (χ2v) is 10.2. The standard InChI is InChI=1S/C23H21BrN2O5S/c1-16-2-4-17(5-3-16)13-26(32(28,29)20-9-6-18(24)7-10-20)14-23(27)25-19-8-11-21-22(12-19)31-15-30-21/h2-12H,13-15H2,1H3,(H,25,27). The molecule has 0 radical (unpaired) electrons. The average molecular weight is 517 g/mol. The summed E-state index contributed by atoms with van der Waals surface area (Å²) in [7, 11) is -3.92. The van der Waals surface area contributed by atoms with Crippen molar-refractivity contribution in [3.05, 3.63) is 82.3 Å². The average Bonchev–Trinajstić information content (AvgIpc) is 3.23. The summed E-state index contributed by atoms with van der Waals surface area (Å²) in [5, 5.41) is 2.74. The summed E-state index contributed by atoms with van der Waals surface area (Å²) >= 11 is 3.32. The fourth-order valence-electron chi connectivity index (χ4n) is 3.21. The van der Waals surface area contributed by atoms with Gasteiger partial charge >= 0.3 is 0 Å². The molecule has 7 nitrogen and oxygen atoms in total. The minimum Gasteiger partial charge on any atom is -0.454 e. The zero-order valence-corrected chi connectivity index (χ0v) is 19.6. The van der Waals surface area contributed by atoms with E-state index in [1.807, 2.05) is 31.2 Å².